The molecule has 1 heterocycles. The van der Waals surface area contributed by atoms with Gasteiger partial charge in [-0.15, -0.1) is 0 Å². The predicted octanol–water partition coefficient (Wildman–Crippen LogP) is 2.71. The van der Waals surface area contributed by atoms with Crippen LogP contribution in [-0.4, -0.2) is 23.4 Å². The highest BCUT2D eigenvalue weighted by molar-refractivity contribution is 9.10. The summed E-state index contributed by atoms with van der Waals surface area (Å²) < 4.78 is 14.1. The van der Waals surface area contributed by atoms with E-state index >= 15 is 0 Å². The van der Waals surface area contributed by atoms with Gasteiger partial charge in [0.2, 0.25) is 5.91 Å². The Hall–Kier alpha value is -1.63. The third-order valence-corrected chi connectivity index (χ3v) is 3.58. The smallest absolute Gasteiger partial charge is 0.328 e. The summed E-state index contributed by atoms with van der Waals surface area (Å²) in [6.45, 7) is 0.359. The molecule has 0 saturated carbocycles. The molecule has 0 bridgehead atoms. The molecule has 0 radical (unpaired) electrons. The number of halogens is 2. The molecule has 3 amide bonds. The predicted molar refractivity (Wildman–Crippen MR) is 73.1 cm³/mol. The number of benzene rings is 1. The number of nitrogens with two attached hydrogens (primary N) is 1. The monoisotopic (exact) mass is 329 g/mol. The average Bonchev–Trinajstić information content (AvgIpc) is 2.36. The quantitative estimate of drug-likeness (QED) is 0.778. The SMILES string of the molecule is Nc1cc(NC(=O)N2CCCCC2=O)c(F)cc1Br. The van der Waals surface area contributed by atoms with Crippen LogP contribution >= 0.6 is 15.9 Å². The van der Waals surface area contributed by atoms with Gasteiger partial charge in [-0.1, -0.05) is 0 Å². The van der Waals surface area contributed by atoms with E-state index in [1.807, 2.05) is 0 Å². The maximum Gasteiger partial charge on any atom is 0.328 e. The molecule has 1 aromatic rings. The van der Waals surface area contributed by atoms with Crippen molar-refractivity contribution in [3.8, 4) is 0 Å². The summed E-state index contributed by atoms with van der Waals surface area (Å²) in [5.74, 6) is -0.854. The van der Waals surface area contributed by atoms with Crippen LogP contribution in [0.3, 0.4) is 0 Å². The number of amides is 3. The topological polar surface area (TPSA) is 75.4 Å². The second-order valence-corrected chi connectivity index (χ2v) is 5.14. The fourth-order valence-corrected chi connectivity index (χ4v) is 2.18. The molecule has 7 heteroatoms. The molecule has 5 nitrogen and oxygen atoms in total. The van der Waals surface area contributed by atoms with Gasteiger partial charge in [-0.2, -0.15) is 0 Å². The number of nitrogens with one attached hydrogen (secondary N) is 1. The van der Waals surface area contributed by atoms with Crippen LogP contribution in [-0.2, 0) is 4.79 Å². The van der Waals surface area contributed by atoms with Crippen LogP contribution in [0.25, 0.3) is 0 Å². The number of likely N-dealkylation sites (tertiary alicyclic amines) is 1. The van der Waals surface area contributed by atoms with E-state index < -0.39 is 11.8 Å². The number of carbonyl (C=O) groups is 2. The zero-order valence-corrected chi connectivity index (χ0v) is 11.7. The fourth-order valence-electron chi connectivity index (χ4n) is 1.86. The number of urea groups is 1. The minimum atomic E-state index is -0.620. The number of nitrogen functional groups attached to an aromatic ring is 1. The van der Waals surface area contributed by atoms with Gasteiger partial charge in [0.1, 0.15) is 5.82 Å². The first-order valence-corrected chi connectivity index (χ1v) is 6.64. The normalized spacial score (nSPS) is 15.5. The van der Waals surface area contributed by atoms with Crippen molar-refractivity contribution in [3.05, 3.63) is 22.4 Å². The van der Waals surface area contributed by atoms with E-state index in [0.29, 0.717) is 23.1 Å². The van der Waals surface area contributed by atoms with Gasteiger partial charge in [0.05, 0.1) is 5.69 Å². The highest BCUT2D eigenvalue weighted by atomic mass is 79.9. The molecule has 0 unspecified atom stereocenters. The van der Waals surface area contributed by atoms with E-state index in [0.717, 1.165) is 17.7 Å². The standard InChI is InChI=1S/C12H13BrFN3O2/c13-7-5-8(14)10(6-9(7)15)16-12(19)17-4-2-1-3-11(17)18/h5-6H,1-4,15H2,(H,16,19). The second kappa shape index (κ2) is 5.56. The molecule has 1 aliphatic heterocycles. The van der Waals surface area contributed by atoms with E-state index in [-0.39, 0.29) is 11.6 Å². The highest BCUT2D eigenvalue weighted by Crippen LogP contribution is 2.26. The lowest BCUT2D eigenvalue weighted by Crippen LogP contribution is -2.42. The highest BCUT2D eigenvalue weighted by Gasteiger charge is 2.25. The Morgan fingerprint density at radius 1 is 1.42 bits per heavy atom. The van der Waals surface area contributed by atoms with Crippen LogP contribution < -0.4 is 11.1 Å². The molecule has 1 fully saturated rings. The van der Waals surface area contributed by atoms with E-state index in [4.69, 9.17) is 5.73 Å². The second-order valence-electron chi connectivity index (χ2n) is 4.29. The number of hydrogen-bond donors (Lipinski definition) is 2. The van der Waals surface area contributed by atoms with Crippen molar-refractivity contribution < 1.29 is 14.0 Å². The van der Waals surface area contributed by atoms with Gasteiger partial charge >= 0.3 is 6.03 Å². The molecular weight excluding hydrogens is 317 g/mol. The average molecular weight is 330 g/mol. The van der Waals surface area contributed by atoms with Gasteiger partial charge in [-0.3, -0.25) is 9.69 Å². The Labute approximate surface area is 118 Å². The molecule has 1 aromatic carbocycles. The van der Waals surface area contributed by atoms with Gasteiger partial charge in [0, 0.05) is 23.1 Å². The molecule has 1 aliphatic rings. The first-order valence-electron chi connectivity index (χ1n) is 5.85. The van der Waals surface area contributed by atoms with Crippen LogP contribution in [0.5, 0.6) is 0 Å². The Morgan fingerprint density at radius 2 is 2.16 bits per heavy atom. The summed E-state index contributed by atoms with van der Waals surface area (Å²) in [7, 11) is 0. The number of carbonyl (C=O) groups excluding carboxylic acids is 2. The molecule has 0 aromatic heterocycles. The number of piperidine rings is 1. The van der Waals surface area contributed by atoms with Crippen molar-refractivity contribution >= 4 is 39.2 Å². The molecule has 102 valence electrons. The number of nitrogens with zero attached hydrogens (tertiary/aromatic N) is 1. The maximum absolute atomic E-state index is 13.7. The van der Waals surface area contributed by atoms with Crippen LogP contribution in [0, 0.1) is 5.82 Å². The minimum Gasteiger partial charge on any atom is -0.398 e. The van der Waals surface area contributed by atoms with E-state index in [1.54, 1.807) is 0 Å². The van der Waals surface area contributed by atoms with Gasteiger partial charge in [0.15, 0.2) is 0 Å². The summed E-state index contributed by atoms with van der Waals surface area (Å²) in [5, 5.41) is 2.37. The lowest BCUT2D eigenvalue weighted by Gasteiger charge is -2.25. The maximum atomic E-state index is 13.7. The van der Waals surface area contributed by atoms with Crippen molar-refractivity contribution in [2.75, 3.05) is 17.6 Å². The van der Waals surface area contributed by atoms with E-state index in [1.165, 1.54) is 12.1 Å². The third-order valence-electron chi connectivity index (χ3n) is 2.90. The first-order chi connectivity index (χ1) is 8.99. The molecule has 0 spiro atoms. The van der Waals surface area contributed by atoms with Crippen molar-refractivity contribution in [3.63, 3.8) is 0 Å². The summed E-state index contributed by atoms with van der Waals surface area (Å²) in [6.07, 6.45) is 1.89. The summed E-state index contributed by atoms with van der Waals surface area (Å²) >= 11 is 3.09. The summed E-state index contributed by atoms with van der Waals surface area (Å²) in [5.41, 5.74) is 5.89. The largest absolute Gasteiger partial charge is 0.398 e. The minimum absolute atomic E-state index is 0.0379. The molecular formula is C12H13BrFN3O2. The molecule has 1 saturated heterocycles. The van der Waals surface area contributed by atoms with Crippen molar-refractivity contribution in [2.24, 2.45) is 0 Å². The van der Waals surface area contributed by atoms with Gasteiger partial charge < -0.3 is 11.1 Å². The molecule has 19 heavy (non-hydrogen) atoms. The lowest BCUT2D eigenvalue weighted by molar-refractivity contribution is -0.129. The number of hydrogen-bond acceptors (Lipinski definition) is 3. The molecule has 2 rings (SSSR count). The van der Waals surface area contributed by atoms with Crippen LogP contribution in [0.4, 0.5) is 20.6 Å². The van der Waals surface area contributed by atoms with Gasteiger partial charge in [-0.05, 0) is 40.9 Å². The number of anilines is 2. The summed E-state index contributed by atoms with van der Waals surface area (Å²) in [6, 6.07) is 1.86. The van der Waals surface area contributed by atoms with E-state index in [9.17, 15) is 14.0 Å². The Balaban J connectivity index is 2.14. The molecule has 0 atom stereocenters. The van der Waals surface area contributed by atoms with Crippen molar-refractivity contribution in [1.29, 1.82) is 0 Å². The Morgan fingerprint density at radius 3 is 2.84 bits per heavy atom. The van der Waals surface area contributed by atoms with Crippen LogP contribution in [0.15, 0.2) is 16.6 Å². The van der Waals surface area contributed by atoms with Gasteiger partial charge in [-0.25, -0.2) is 9.18 Å². The molecule has 3 N–H and O–H groups in total. The summed E-state index contributed by atoms with van der Waals surface area (Å²) in [4.78, 5) is 24.6. The first kappa shape index (κ1) is 13.8. The van der Waals surface area contributed by atoms with Crippen LogP contribution in [0.2, 0.25) is 0 Å². The number of imide groups is 1. The zero-order valence-electron chi connectivity index (χ0n) is 10.1. The lowest BCUT2D eigenvalue weighted by atomic mass is 10.1. The van der Waals surface area contributed by atoms with E-state index in [2.05, 4.69) is 21.2 Å². The van der Waals surface area contributed by atoms with Crippen molar-refractivity contribution in [1.82, 2.24) is 4.90 Å². The van der Waals surface area contributed by atoms with Crippen LogP contribution in [0.1, 0.15) is 19.3 Å². The zero-order chi connectivity index (χ0) is 14.0. The molecule has 0 aliphatic carbocycles. The Kier molecular flexibility index (Phi) is 4.04. The Bertz CT molecular complexity index is 536. The fraction of sp³-hybridized carbons (Fsp3) is 0.333. The third kappa shape index (κ3) is 3.04. The number of rotatable bonds is 1. The van der Waals surface area contributed by atoms with Crippen molar-refractivity contribution in [2.45, 2.75) is 19.3 Å². The van der Waals surface area contributed by atoms with Gasteiger partial charge in [0.25, 0.3) is 0 Å².